The zero-order valence-electron chi connectivity index (χ0n) is 16.7. The normalized spacial score (nSPS) is 12.0. The summed E-state index contributed by atoms with van der Waals surface area (Å²) in [6, 6.07) is 15.7. The molecule has 29 heavy (non-hydrogen) atoms. The Bertz CT molecular complexity index is 1080. The van der Waals surface area contributed by atoms with Gasteiger partial charge < -0.3 is 15.0 Å². The van der Waals surface area contributed by atoms with E-state index in [1.54, 1.807) is 26.0 Å². The Labute approximate surface area is 168 Å². The monoisotopic (exact) mass is 392 g/mol. The fourth-order valence-electron chi connectivity index (χ4n) is 3.08. The zero-order chi connectivity index (χ0) is 21.0. The van der Waals surface area contributed by atoms with E-state index in [1.165, 1.54) is 0 Å². The molecule has 3 aromatic rings. The number of carbonyl (C=O) groups is 2. The molecular formula is C23H24N2O4. The van der Waals surface area contributed by atoms with E-state index in [0.717, 1.165) is 16.5 Å². The lowest BCUT2D eigenvalue weighted by atomic mass is 10.0. The van der Waals surface area contributed by atoms with E-state index < -0.39 is 23.5 Å². The van der Waals surface area contributed by atoms with E-state index >= 15 is 0 Å². The number of hydrogen-bond acceptors (Lipinski definition) is 4. The van der Waals surface area contributed by atoms with Crippen LogP contribution in [0, 0.1) is 6.92 Å². The predicted molar refractivity (Wildman–Crippen MR) is 112 cm³/mol. The van der Waals surface area contributed by atoms with Crippen molar-refractivity contribution >= 4 is 22.8 Å². The van der Waals surface area contributed by atoms with Crippen molar-refractivity contribution in [2.45, 2.75) is 39.3 Å². The summed E-state index contributed by atoms with van der Waals surface area (Å²) < 4.78 is 5.24. The number of carbonyl (C=O) groups excluding carboxylic acids is 2. The van der Waals surface area contributed by atoms with Gasteiger partial charge in [-0.2, -0.15) is 0 Å². The van der Waals surface area contributed by atoms with Crippen molar-refractivity contribution in [3.05, 3.63) is 81.6 Å². The lowest BCUT2D eigenvalue weighted by Gasteiger charge is -2.19. The Morgan fingerprint density at radius 3 is 2.45 bits per heavy atom. The molecule has 150 valence electrons. The van der Waals surface area contributed by atoms with Crippen molar-refractivity contribution in [1.82, 2.24) is 10.3 Å². The number of nitrogens with one attached hydrogen (secondary N) is 2. The fourth-order valence-corrected chi connectivity index (χ4v) is 3.08. The summed E-state index contributed by atoms with van der Waals surface area (Å²) in [5, 5.41) is 3.57. The Hall–Kier alpha value is -3.41. The maximum absolute atomic E-state index is 12.9. The van der Waals surface area contributed by atoms with E-state index in [9.17, 15) is 14.4 Å². The van der Waals surface area contributed by atoms with Crippen LogP contribution in [0.5, 0.6) is 0 Å². The molecule has 6 nitrogen and oxygen atoms in total. The number of ether oxygens (including phenoxy) is 1. The Morgan fingerprint density at radius 1 is 1.07 bits per heavy atom. The molecule has 1 atom stereocenters. The molecule has 1 heterocycles. The van der Waals surface area contributed by atoms with Gasteiger partial charge in [0.2, 0.25) is 0 Å². The van der Waals surface area contributed by atoms with Crippen LogP contribution < -0.4 is 10.9 Å². The number of amides is 1. The molecule has 1 unspecified atom stereocenters. The van der Waals surface area contributed by atoms with Crippen LogP contribution in [0.2, 0.25) is 0 Å². The van der Waals surface area contributed by atoms with Crippen LogP contribution in [0.1, 0.15) is 47.8 Å². The summed E-state index contributed by atoms with van der Waals surface area (Å²) >= 11 is 0. The predicted octanol–water partition coefficient (Wildman–Crippen LogP) is 3.65. The maximum atomic E-state index is 12.9. The number of aromatic amines is 1. The largest absolute Gasteiger partial charge is 0.463 e. The molecule has 3 rings (SSSR count). The van der Waals surface area contributed by atoms with Crippen LogP contribution in [0.3, 0.4) is 0 Å². The first-order chi connectivity index (χ1) is 13.8. The van der Waals surface area contributed by atoms with Gasteiger partial charge in [0.1, 0.15) is 5.56 Å². The number of hydrogen-bond donors (Lipinski definition) is 2. The minimum absolute atomic E-state index is 0.00182. The Kier molecular flexibility index (Phi) is 6.12. The number of aryl methyl sites for hydroxylation is 1. The average Bonchev–Trinajstić information content (AvgIpc) is 2.66. The van der Waals surface area contributed by atoms with E-state index in [1.807, 2.05) is 49.4 Å². The smallest absolute Gasteiger partial charge is 0.308 e. The Morgan fingerprint density at radius 2 is 1.76 bits per heavy atom. The summed E-state index contributed by atoms with van der Waals surface area (Å²) in [6.45, 7) is 5.50. The molecule has 0 bridgehead atoms. The van der Waals surface area contributed by atoms with Gasteiger partial charge in [-0.05, 0) is 43.9 Å². The molecule has 2 N–H and O–H groups in total. The number of H-pyrrole nitrogens is 1. The van der Waals surface area contributed by atoms with Crippen molar-refractivity contribution < 1.29 is 14.3 Å². The number of aromatic nitrogens is 1. The molecule has 2 aromatic carbocycles. The fraction of sp³-hybridized carbons (Fsp3) is 0.261. The van der Waals surface area contributed by atoms with Crippen LogP contribution in [-0.4, -0.2) is 23.0 Å². The number of fused-ring (bicyclic) bond motifs is 1. The molecule has 6 heteroatoms. The number of rotatable bonds is 6. The van der Waals surface area contributed by atoms with Crippen LogP contribution in [-0.2, 0) is 9.53 Å². The van der Waals surface area contributed by atoms with Gasteiger partial charge in [0.05, 0.1) is 18.6 Å². The van der Waals surface area contributed by atoms with Crippen LogP contribution in [0.25, 0.3) is 10.9 Å². The molecular weight excluding hydrogens is 368 g/mol. The molecule has 0 aliphatic carbocycles. The minimum Gasteiger partial charge on any atom is -0.463 e. The van der Waals surface area contributed by atoms with Crippen LogP contribution in [0.15, 0.2) is 59.4 Å². The van der Waals surface area contributed by atoms with E-state index in [-0.39, 0.29) is 18.1 Å². The number of esters is 1. The average molecular weight is 392 g/mol. The van der Waals surface area contributed by atoms with Gasteiger partial charge in [0.25, 0.3) is 11.5 Å². The second-order valence-electron chi connectivity index (χ2n) is 7.28. The van der Waals surface area contributed by atoms with Crippen molar-refractivity contribution in [2.24, 2.45) is 0 Å². The quantitative estimate of drug-likeness (QED) is 0.627. The first kappa shape index (κ1) is 20.3. The third kappa shape index (κ3) is 5.10. The Balaban J connectivity index is 1.89. The molecule has 0 fully saturated rings. The van der Waals surface area contributed by atoms with Gasteiger partial charge >= 0.3 is 5.97 Å². The SMILES string of the molecule is Cc1ccc(C(CC(=O)OC(C)C)NC(=O)c2cc3ccccc3[nH]c2=O)cc1. The molecule has 1 aromatic heterocycles. The van der Waals surface area contributed by atoms with Crippen molar-refractivity contribution in [3.8, 4) is 0 Å². The van der Waals surface area contributed by atoms with Crippen LogP contribution in [0.4, 0.5) is 0 Å². The summed E-state index contributed by atoms with van der Waals surface area (Å²) in [6.07, 6.45) is -0.279. The number of pyridine rings is 1. The molecule has 0 saturated carbocycles. The molecule has 0 aliphatic rings. The summed E-state index contributed by atoms with van der Waals surface area (Å²) in [5.74, 6) is -0.960. The summed E-state index contributed by atoms with van der Waals surface area (Å²) in [7, 11) is 0. The summed E-state index contributed by atoms with van der Waals surface area (Å²) in [5.41, 5.74) is 2.01. The van der Waals surface area contributed by atoms with Crippen molar-refractivity contribution in [2.75, 3.05) is 0 Å². The number of para-hydroxylation sites is 1. The van der Waals surface area contributed by atoms with Gasteiger partial charge in [-0.25, -0.2) is 0 Å². The highest BCUT2D eigenvalue weighted by Crippen LogP contribution is 2.20. The molecule has 0 radical (unpaired) electrons. The second-order valence-corrected chi connectivity index (χ2v) is 7.28. The third-order valence-corrected chi connectivity index (χ3v) is 4.52. The van der Waals surface area contributed by atoms with Gasteiger partial charge in [0, 0.05) is 5.52 Å². The number of benzene rings is 2. The van der Waals surface area contributed by atoms with Gasteiger partial charge in [0.15, 0.2) is 0 Å². The van der Waals surface area contributed by atoms with Gasteiger partial charge in [-0.3, -0.25) is 14.4 Å². The molecule has 0 saturated heterocycles. The van der Waals surface area contributed by atoms with Crippen molar-refractivity contribution in [3.63, 3.8) is 0 Å². The minimum atomic E-state index is -0.611. The topological polar surface area (TPSA) is 88.3 Å². The van der Waals surface area contributed by atoms with Crippen LogP contribution >= 0.6 is 0 Å². The molecule has 1 amide bonds. The maximum Gasteiger partial charge on any atom is 0.308 e. The lowest BCUT2D eigenvalue weighted by Crippen LogP contribution is -2.34. The zero-order valence-corrected chi connectivity index (χ0v) is 16.7. The first-order valence-corrected chi connectivity index (χ1v) is 9.52. The van der Waals surface area contributed by atoms with E-state index in [2.05, 4.69) is 10.3 Å². The molecule has 0 aliphatic heterocycles. The van der Waals surface area contributed by atoms with Crippen molar-refractivity contribution in [1.29, 1.82) is 0 Å². The second kappa shape index (κ2) is 8.73. The van der Waals surface area contributed by atoms with Gasteiger partial charge in [-0.1, -0.05) is 48.0 Å². The van der Waals surface area contributed by atoms with E-state index in [0.29, 0.717) is 5.52 Å². The third-order valence-electron chi connectivity index (χ3n) is 4.52. The van der Waals surface area contributed by atoms with Gasteiger partial charge in [-0.15, -0.1) is 0 Å². The highest BCUT2D eigenvalue weighted by atomic mass is 16.5. The highest BCUT2D eigenvalue weighted by molar-refractivity contribution is 5.97. The lowest BCUT2D eigenvalue weighted by molar-refractivity contribution is -0.147. The first-order valence-electron chi connectivity index (χ1n) is 9.52. The summed E-state index contributed by atoms with van der Waals surface area (Å²) in [4.78, 5) is 40.2. The molecule has 0 spiro atoms. The highest BCUT2D eigenvalue weighted by Gasteiger charge is 2.22. The standard InChI is InChI=1S/C23H24N2O4/c1-14(2)29-21(26)13-20(16-10-8-15(3)9-11-16)25-23(28)18-12-17-6-4-5-7-19(17)24-22(18)27/h4-12,14,20H,13H2,1-3H3,(H,24,27)(H,25,28). The van der Waals surface area contributed by atoms with E-state index in [4.69, 9.17) is 4.74 Å².